The third-order valence-electron chi connectivity index (χ3n) is 12.5. The minimum Gasteiger partial charge on any atom is -0.462 e. The average Bonchev–Trinajstić information content (AvgIpc) is 3.22. The van der Waals surface area contributed by atoms with Crippen LogP contribution in [0.2, 0.25) is 0 Å². The molecule has 0 radical (unpaired) electrons. The predicted octanol–water partition coefficient (Wildman–Crippen LogP) is 17.2. The Bertz CT molecular complexity index is 931. The van der Waals surface area contributed by atoms with Gasteiger partial charge in [0.2, 0.25) is 0 Å². The topological polar surface area (TPSA) is 78.9 Å². The van der Waals surface area contributed by atoms with E-state index in [1.54, 1.807) is 0 Å². The highest BCUT2D eigenvalue weighted by Crippen LogP contribution is 2.18. The lowest BCUT2D eigenvalue weighted by Gasteiger charge is -2.18. The molecule has 0 aliphatic carbocycles. The standard InChI is InChI=1S/C54H104O6/c1-7-50(6)42-36-30-26-27-32-38-44-53(56)59-47-51(60-54(57)45-39-33-25-21-17-13-9-11-15-19-23-29-35-41-49(4)5)46-58-52(55)43-37-31-24-20-16-12-8-10-14-18-22-28-34-40-48(2)3/h48-51H,7-47H2,1-6H3/t50?,51-/m1/s1. The van der Waals surface area contributed by atoms with E-state index in [-0.39, 0.29) is 31.1 Å². The normalized spacial score (nSPS) is 12.6. The Hall–Kier alpha value is -1.59. The molecular weight excluding hydrogens is 745 g/mol. The highest BCUT2D eigenvalue weighted by molar-refractivity contribution is 5.71. The van der Waals surface area contributed by atoms with Crippen molar-refractivity contribution in [1.82, 2.24) is 0 Å². The molecule has 0 N–H and O–H groups in total. The third kappa shape index (κ3) is 45.9. The lowest BCUT2D eigenvalue weighted by Crippen LogP contribution is -2.30. The van der Waals surface area contributed by atoms with Crippen molar-refractivity contribution in [3.8, 4) is 0 Å². The van der Waals surface area contributed by atoms with E-state index < -0.39 is 6.10 Å². The van der Waals surface area contributed by atoms with Gasteiger partial charge in [0.05, 0.1) is 0 Å². The molecule has 0 amide bonds. The summed E-state index contributed by atoms with van der Waals surface area (Å²) in [4.78, 5) is 38.0. The number of esters is 3. The molecule has 0 aliphatic rings. The van der Waals surface area contributed by atoms with E-state index in [2.05, 4.69) is 41.5 Å². The van der Waals surface area contributed by atoms with E-state index in [0.29, 0.717) is 19.3 Å². The van der Waals surface area contributed by atoms with Crippen LogP contribution >= 0.6 is 0 Å². The first-order chi connectivity index (χ1) is 29.1. The summed E-state index contributed by atoms with van der Waals surface area (Å²) in [7, 11) is 0. The molecule has 0 aromatic rings. The van der Waals surface area contributed by atoms with E-state index in [1.165, 1.54) is 173 Å². The van der Waals surface area contributed by atoms with Crippen LogP contribution in [-0.4, -0.2) is 37.2 Å². The van der Waals surface area contributed by atoms with Gasteiger partial charge in [-0.25, -0.2) is 0 Å². The second kappa shape index (κ2) is 45.4. The van der Waals surface area contributed by atoms with Gasteiger partial charge >= 0.3 is 17.9 Å². The Balaban J connectivity index is 4.29. The van der Waals surface area contributed by atoms with Crippen molar-refractivity contribution in [2.24, 2.45) is 17.8 Å². The zero-order chi connectivity index (χ0) is 44.2. The van der Waals surface area contributed by atoms with Crippen LogP contribution in [0.3, 0.4) is 0 Å². The Morgan fingerprint density at radius 3 is 0.867 bits per heavy atom. The summed E-state index contributed by atoms with van der Waals surface area (Å²) in [6.45, 7) is 13.7. The van der Waals surface area contributed by atoms with Crippen LogP contribution in [-0.2, 0) is 28.6 Å². The van der Waals surface area contributed by atoms with Gasteiger partial charge in [0.1, 0.15) is 13.2 Å². The average molecular weight is 849 g/mol. The monoisotopic (exact) mass is 849 g/mol. The van der Waals surface area contributed by atoms with Crippen molar-refractivity contribution in [1.29, 1.82) is 0 Å². The Labute approximate surface area is 374 Å². The number of ether oxygens (including phenoxy) is 3. The Kier molecular flexibility index (Phi) is 44.2. The maximum atomic E-state index is 12.8. The molecule has 0 saturated heterocycles. The van der Waals surface area contributed by atoms with Gasteiger partial charge in [-0.15, -0.1) is 0 Å². The van der Waals surface area contributed by atoms with Crippen LogP contribution < -0.4 is 0 Å². The SMILES string of the molecule is CCC(C)CCCCCCCCC(=O)OC[C@@H](COC(=O)CCCCCCCCCCCCCCCC(C)C)OC(=O)CCCCCCCCCCCCCCCC(C)C. The summed E-state index contributed by atoms with van der Waals surface area (Å²) < 4.78 is 16.8. The molecule has 0 aromatic heterocycles. The predicted molar refractivity (Wildman–Crippen MR) is 256 cm³/mol. The highest BCUT2D eigenvalue weighted by Gasteiger charge is 2.19. The summed E-state index contributed by atoms with van der Waals surface area (Å²) in [6, 6.07) is 0. The van der Waals surface area contributed by atoms with Gasteiger partial charge in [-0.2, -0.15) is 0 Å². The molecule has 0 spiro atoms. The van der Waals surface area contributed by atoms with Gasteiger partial charge in [0.25, 0.3) is 0 Å². The van der Waals surface area contributed by atoms with Gasteiger partial charge in [0, 0.05) is 19.3 Å². The number of rotatable bonds is 47. The van der Waals surface area contributed by atoms with E-state index in [0.717, 1.165) is 75.5 Å². The Morgan fingerprint density at radius 1 is 0.333 bits per heavy atom. The molecule has 0 rings (SSSR count). The van der Waals surface area contributed by atoms with Crippen molar-refractivity contribution in [2.45, 2.75) is 298 Å². The molecule has 1 unspecified atom stereocenters. The molecule has 6 nitrogen and oxygen atoms in total. The van der Waals surface area contributed by atoms with Crippen LogP contribution in [0.15, 0.2) is 0 Å². The molecule has 6 heteroatoms. The van der Waals surface area contributed by atoms with E-state index >= 15 is 0 Å². The Morgan fingerprint density at radius 2 is 0.583 bits per heavy atom. The summed E-state index contributed by atoms with van der Waals surface area (Å²) >= 11 is 0. The molecule has 2 atom stereocenters. The second-order valence-electron chi connectivity index (χ2n) is 19.7. The first kappa shape index (κ1) is 58.4. The van der Waals surface area contributed by atoms with E-state index in [9.17, 15) is 14.4 Å². The number of unbranched alkanes of at least 4 members (excludes halogenated alkanes) is 29. The van der Waals surface area contributed by atoms with E-state index in [1.807, 2.05) is 0 Å². The molecule has 0 aliphatic heterocycles. The molecule has 0 heterocycles. The van der Waals surface area contributed by atoms with Gasteiger partial charge in [-0.1, -0.05) is 253 Å². The first-order valence-electron chi connectivity index (χ1n) is 26.6. The zero-order valence-electron chi connectivity index (χ0n) is 41.3. The highest BCUT2D eigenvalue weighted by atomic mass is 16.6. The van der Waals surface area contributed by atoms with Crippen molar-refractivity contribution in [3.05, 3.63) is 0 Å². The minimum absolute atomic E-state index is 0.0649. The summed E-state index contributed by atoms with van der Waals surface area (Å²) in [5.74, 6) is 1.64. The number of carbonyl (C=O) groups is 3. The fourth-order valence-corrected chi connectivity index (χ4v) is 8.08. The maximum Gasteiger partial charge on any atom is 0.306 e. The second-order valence-corrected chi connectivity index (χ2v) is 19.7. The van der Waals surface area contributed by atoms with Crippen LogP contribution in [0.4, 0.5) is 0 Å². The summed E-state index contributed by atoms with van der Waals surface area (Å²) in [6.07, 6.45) is 45.2. The molecular formula is C54H104O6. The largest absolute Gasteiger partial charge is 0.462 e. The van der Waals surface area contributed by atoms with Crippen LogP contribution in [0.25, 0.3) is 0 Å². The summed E-state index contributed by atoms with van der Waals surface area (Å²) in [5.41, 5.74) is 0. The van der Waals surface area contributed by atoms with Gasteiger partial charge in [0.15, 0.2) is 6.10 Å². The molecule has 0 saturated carbocycles. The van der Waals surface area contributed by atoms with Crippen molar-refractivity contribution < 1.29 is 28.6 Å². The van der Waals surface area contributed by atoms with Crippen molar-refractivity contribution in [3.63, 3.8) is 0 Å². The third-order valence-corrected chi connectivity index (χ3v) is 12.5. The molecule has 0 fully saturated rings. The lowest BCUT2D eigenvalue weighted by molar-refractivity contribution is -0.167. The van der Waals surface area contributed by atoms with E-state index in [4.69, 9.17) is 14.2 Å². The lowest BCUT2D eigenvalue weighted by atomic mass is 10.00. The van der Waals surface area contributed by atoms with Gasteiger partial charge in [-0.3, -0.25) is 14.4 Å². The van der Waals surface area contributed by atoms with Crippen LogP contribution in [0, 0.1) is 17.8 Å². The van der Waals surface area contributed by atoms with Crippen molar-refractivity contribution in [2.75, 3.05) is 13.2 Å². The minimum atomic E-state index is -0.763. The molecule has 356 valence electrons. The smallest absolute Gasteiger partial charge is 0.306 e. The fourth-order valence-electron chi connectivity index (χ4n) is 8.08. The van der Waals surface area contributed by atoms with Crippen molar-refractivity contribution >= 4 is 17.9 Å². The first-order valence-corrected chi connectivity index (χ1v) is 26.6. The quantitative estimate of drug-likeness (QED) is 0.0345. The summed E-state index contributed by atoms with van der Waals surface area (Å²) in [5, 5.41) is 0. The number of hydrogen-bond acceptors (Lipinski definition) is 6. The van der Waals surface area contributed by atoms with Gasteiger partial charge < -0.3 is 14.2 Å². The van der Waals surface area contributed by atoms with Gasteiger partial charge in [-0.05, 0) is 37.0 Å². The van der Waals surface area contributed by atoms with Crippen LogP contribution in [0.5, 0.6) is 0 Å². The molecule has 0 aromatic carbocycles. The molecule has 0 bridgehead atoms. The fraction of sp³-hybridized carbons (Fsp3) is 0.944. The van der Waals surface area contributed by atoms with Crippen LogP contribution in [0.1, 0.15) is 292 Å². The number of hydrogen-bond donors (Lipinski definition) is 0. The number of carbonyl (C=O) groups excluding carboxylic acids is 3. The maximum absolute atomic E-state index is 12.8. The zero-order valence-corrected chi connectivity index (χ0v) is 41.3. The molecule has 60 heavy (non-hydrogen) atoms.